The minimum Gasteiger partial charge on any atom is -0.422 e. The van der Waals surface area contributed by atoms with Gasteiger partial charge in [-0.2, -0.15) is 5.26 Å². The maximum Gasteiger partial charge on any atom is 0.244 e. The van der Waals surface area contributed by atoms with Crippen LogP contribution in [0.15, 0.2) is 33.7 Å². The minimum atomic E-state index is -0.965. The van der Waals surface area contributed by atoms with Crippen LogP contribution in [0, 0.1) is 11.3 Å². The number of aromatic nitrogens is 2. The molecule has 0 aliphatic carbocycles. The van der Waals surface area contributed by atoms with E-state index in [2.05, 4.69) is 21.3 Å². The van der Waals surface area contributed by atoms with Gasteiger partial charge in [-0.05, 0) is 24.6 Å². The maximum atomic E-state index is 12.0. The van der Waals surface area contributed by atoms with Crippen molar-refractivity contribution in [3.63, 3.8) is 0 Å². The van der Waals surface area contributed by atoms with Crippen LogP contribution in [0.25, 0.3) is 0 Å². The molecule has 1 aliphatic heterocycles. The summed E-state index contributed by atoms with van der Waals surface area (Å²) in [7, 11) is 1.57. The molecule has 3 rings (SSSR count). The molecule has 2 N–H and O–H groups in total. The number of carbonyl (C=O) groups excluding carboxylic acids is 1. The van der Waals surface area contributed by atoms with Crippen LogP contribution in [0.4, 0.5) is 0 Å². The van der Waals surface area contributed by atoms with E-state index in [9.17, 15) is 4.79 Å². The second-order valence-corrected chi connectivity index (χ2v) is 5.86. The summed E-state index contributed by atoms with van der Waals surface area (Å²) in [4.78, 5) is 17.6. The summed E-state index contributed by atoms with van der Waals surface area (Å²) in [6.07, 6.45) is 0.501. The van der Waals surface area contributed by atoms with Gasteiger partial charge in [0.05, 0.1) is 24.5 Å². The third-order valence-corrected chi connectivity index (χ3v) is 3.91. The molecule has 1 aliphatic rings. The third-order valence-electron chi connectivity index (χ3n) is 3.91. The molecule has 1 amide bonds. The molecule has 1 aromatic carbocycles. The quantitative estimate of drug-likeness (QED) is 0.896. The average Bonchev–Trinajstić information content (AvgIpc) is 3.02. The highest BCUT2D eigenvalue weighted by Gasteiger charge is 2.40. The first-order valence-electron chi connectivity index (χ1n) is 7.35. The number of benzene rings is 1. The molecule has 0 saturated heterocycles. The van der Waals surface area contributed by atoms with Crippen LogP contribution >= 0.6 is 0 Å². The van der Waals surface area contributed by atoms with Crippen LogP contribution in [0.3, 0.4) is 0 Å². The Hall–Kier alpha value is -3.21. The number of nitrogens with zero attached hydrogens (tertiary/aromatic N) is 5. The Labute approximate surface area is 138 Å². The highest BCUT2D eigenvalue weighted by molar-refractivity contribution is 5.98. The van der Waals surface area contributed by atoms with Gasteiger partial charge in [-0.15, -0.1) is 10.2 Å². The predicted molar refractivity (Wildman–Crippen MR) is 84.6 cm³/mol. The molecule has 0 bridgehead atoms. The number of nitrogens with two attached hydrogens (primary N) is 1. The van der Waals surface area contributed by atoms with Crippen molar-refractivity contribution in [3.8, 4) is 6.07 Å². The molecule has 122 valence electrons. The number of hydrogen-bond acceptors (Lipinski definition) is 7. The monoisotopic (exact) mass is 324 g/mol. The molecule has 1 atom stereocenters. The predicted octanol–water partition coefficient (Wildman–Crippen LogP) is 0.924. The van der Waals surface area contributed by atoms with E-state index in [4.69, 9.17) is 15.4 Å². The fourth-order valence-electron chi connectivity index (χ4n) is 2.50. The van der Waals surface area contributed by atoms with Crippen molar-refractivity contribution < 1.29 is 9.21 Å². The Balaban J connectivity index is 1.85. The van der Waals surface area contributed by atoms with Gasteiger partial charge in [0, 0.05) is 7.05 Å². The van der Waals surface area contributed by atoms with Gasteiger partial charge < -0.3 is 10.2 Å². The maximum absolute atomic E-state index is 12.0. The molecule has 0 unspecified atom stereocenters. The lowest BCUT2D eigenvalue weighted by molar-refractivity contribution is -0.128. The van der Waals surface area contributed by atoms with Gasteiger partial charge in [0.2, 0.25) is 17.7 Å². The molecule has 0 saturated carbocycles. The van der Waals surface area contributed by atoms with Gasteiger partial charge in [-0.3, -0.25) is 9.69 Å². The summed E-state index contributed by atoms with van der Waals surface area (Å²) in [6.45, 7) is 1.73. The van der Waals surface area contributed by atoms with Crippen LogP contribution in [0.1, 0.15) is 36.3 Å². The SMILES string of the molecule is CN1C(=O)C[C@@](C)(c2nnc(Cc3cccc(C#N)c3)o2)N=C1N. The number of aliphatic imine (C=N–C) groups is 1. The Bertz CT molecular complexity index is 865. The van der Waals surface area contributed by atoms with Gasteiger partial charge >= 0.3 is 0 Å². The van der Waals surface area contributed by atoms with E-state index in [0.29, 0.717) is 17.9 Å². The summed E-state index contributed by atoms with van der Waals surface area (Å²) in [5.41, 5.74) is 6.27. The van der Waals surface area contributed by atoms with Crippen LogP contribution in [-0.2, 0) is 16.8 Å². The van der Waals surface area contributed by atoms with Crippen LogP contribution in [0.5, 0.6) is 0 Å². The summed E-state index contributed by atoms with van der Waals surface area (Å²) in [5.74, 6) is 0.599. The Morgan fingerprint density at radius 3 is 2.96 bits per heavy atom. The zero-order chi connectivity index (χ0) is 17.3. The Morgan fingerprint density at radius 1 is 1.46 bits per heavy atom. The molecule has 0 radical (unpaired) electrons. The molecule has 1 aromatic heterocycles. The normalized spacial score (nSPS) is 20.6. The molecular formula is C16H16N6O2. The van der Waals surface area contributed by atoms with Gasteiger partial charge in [0.25, 0.3) is 0 Å². The smallest absolute Gasteiger partial charge is 0.244 e. The van der Waals surface area contributed by atoms with Crippen LogP contribution in [0.2, 0.25) is 0 Å². The third kappa shape index (κ3) is 2.84. The fraction of sp³-hybridized carbons (Fsp3) is 0.312. The van der Waals surface area contributed by atoms with E-state index >= 15 is 0 Å². The van der Waals surface area contributed by atoms with E-state index in [1.807, 2.05) is 6.07 Å². The Morgan fingerprint density at radius 2 is 2.25 bits per heavy atom. The average molecular weight is 324 g/mol. The lowest BCUT2D eigenvalue weighted by atomic mass is 9.96. The highest BCUT2D eigenvalue weighted by atomic mass is 16.4. The summed E-state index contributed by atoms with van der Waals surface area (Å²) >= 11 is 0. The number of amides is 1. The molecule has 2 aromatic rings. The van der Waals surface area contributed by atoms with Crippen molar-refractivity contribution in [1.82, 2.24) is 15.1 Å². The van der Waals surface area contributed by atoms with E-state index in [-0.39, 0.29) is 24.2 Å². The number of hydrogen-bond donors (Lipinski definition) is 1. The van der Waals surface area contributed by atoms with Crippen molar-refractivity contribution in [2.45, 2.75) is 25.3 Å². The zero-order valence-electron chi connectivity index (χ0n) is 13.4. The number of nitriles is 1. The largest absolute Gasteiger partial charge is 0.422 e. The van der Waals surface area contributed by atoms with Gasteiger partial charge in [-0.1, -0.05) is 12.1 Å². The van der Waals surface area contributed by atoms with Crippen molar-refractivity contribution in [2.75, 3.05) is 7.05 Å². The number of rotatable bonds is 3. The standard InChI is InChI=1S/C16H16N6O2/c1-16(8-13(23)22(2)15(18)19-16)14-21-20-12(24-14)7-10-4-3-5-11(6-10)9-17/h3-6H,7-8H2,1-2H3,(H2,18,19)/t16-/m0/s1. The van der Waals surface area contributed by atoms with Crippen molar-refractivity contribution in [3.05, 3.63) is 47.2 Å². The summed E-state index contributed by atoms with van der Waals surface area (Å²) < 4.78 is 5.70. The van der Waals surface area contributed by atoms with Crippen molar-refractivity contribution in [1.29, 1.82) is 5.26 Å². The van der Waals surface area contributed by atoms with Gasteiger partial charge in [-0.25, -0.2) is 4.99 Å². The molecule has 8 heteroatoms. The number of guanidine groups is 1. The van der Waals surface area contributed by atoms with Crippen molar-refractivity contribution in [2.24, 2.45) is 10.7 Å². The first kappa shape index (κ1) is 15.7. The van der Waals surface area contributed by atoms with E-state index in [1.54, 1.807) is 32.2 Å². The second-order valence-electron chi connectivity index (χ2n) is 5.86. The van der Waals surface area contributed by atoms with E-state index in [1.165, 1.54) is 4.90 Å². The first-order chi connectivity index (χ1) is 11.4. The number of carbonyl (C=O) groups is 1. The first-order valence-corrected chi connectivity index (χ1v) is 7.35. The second kappa shape index (κ2) is 5.77. The Kier molecular flexibility index (Phi) is 3.77. The summed E-state index contributed by atoms with van der Waals surface area (Å²) in [6, 6.07) is 9.26. The molecule has 0 fully saturated rings. The van der Waals surface area contributed by atoms with Crippen LogP contribution < -0.4 is 5.73 Å². The zero-order valence-corrected chi connectivity index (χ0v) is 13.4. The molecule has 8 nitrogen and oxygen atoms in total. The topological polar surface area (TPSA) is 121 Å². The molecule has 2 heterocycles. The van der Waals surface area contributed by atoms with Gasteiger partial charge in [0.15, 0.2) is 5.96 Å². The van der Waals surface area contributed by atoms with E-state index < -0.39 is 5.54 Å². The molecule has 0 spiro atoms. The molecular weight excluding hydrogens is 308 g/mol. The van der Waals surface area contributed by atoms with Crippen molar-refractivity contribution >= 4 is 11.9 Å². The highest BCUT2D eigenvalue weighted by Crippen LogP contribution is 2.32. The molecule has 24 heavy (non-hydrogen) atoms. The van der Waals surface area contributed by atoms with E-state index in [0.717, 1.165) is 5.56 Å². The lowest BCUT2D eigenvalue weighted by Gasteiger charge is -2.30. The lowest BCUT2D eigenvalue weighted by Crippen LogP contribution is -2.47. The van der Waals surface area contributed by atoms with Crippen LogP contribution in [-0.4, -0.2) is 34.0 Å². The summed E-state index contributed by atoms with van der Waals surface area (Å²) in [5, 5.41) is 17.0. The van der Waals surface area contributed by atoms with Gasteiger partial charge in [0.1, 0.15) is 5.54 Å². The fourth-order valence-corrected chi connectivity index (χ4v) is 2.50. The minimum absolute atomic E-state index is 0.107.